The molecule has 1 aromatic carbocycles. The van der Waals surface area contributed by atoms with Gasteiger partial charge in [-0.1, -0.05) is 23.7 Å². The minimum atomic E-state index is -0.147. The van der Waals surface area contributed by atoms with Gasteiger partial charge >= 0.3 is 0 Å². The Morgan fingerprint density at radius 3 is 2.76 bits per heavy atom. The Balaban J connectivity index is 2.43. The van der Waals surface area contributed by atoms with Gasteiger partial charge in [0.2, 0.25) is 0 Å². The topological polar surface area (TPSA) is 48.6 Å². The molecule has 0 radical (unpaired) electrons. The predicted octanol–water partition coefficient (Wildman–Crippen LogP) is 2.99. The van der Waals surface area contributed by atoms with E-state index in [0.29, 0.717) is 21.8 Å². The molecule has 5 heteroatoms. The lowest BCUT2D eigenvalue weighted by Crippen LogP contribution is -2.16. The van der Waals surface area contributed by atoms with Crippen molar-refractivity contribution in [2.45, 2.75) is 13.3 Å². The third-order valence-corrected chi connectivity index (χ3v) is 2.96. The third-order valence-electron chi connectivity index (χ3n) is 2.52. The second-order valence-corrected chi connectivity index (χ2v) is 4.66. The largest absolute Gasteiger partial charge is 0.336 e. The van der Waals surface area contributed by atoms with Gasteiger partial charge in [-0.25, -0.2) is 0 Å². The first-order chi connectivity index (χ1) is 8.06. The highest BCUT2D eigenvalue weighted by molar-refractivity contribution is 7.71. The molecule has 0 fully saturated rings. The molecular weight excluding hydrogens is 256 g/mol. The first-order valence-corrected chi connectivity index (χ1v) is 5.91. The molecule has 88 valence electrons. The van der Waals surface area contributed by atoms with E-state index in [1.807, 2.05) is 25.1 Å². The van der Waals surface area contributed by atoms with Gasteiger partial charge in [0.15, 0.2) is 4.77 Å². The zero-order valence-corrected chi connectivity index (χ0v) is 10.8. The molecule has 0 unspecified atom stereocenters. The van der Waals surface area contributed by atoms with Crippen molar-refractivity contribution in [3.63, 3.8) is 0 Å². The molecule has 2 N–H and O–H groups in total. The predicted molar refractivity (Wildman–Crippen MR) is 71.2 cm³/mol. The van der Waals surface area contributed by atoms with Gasteiger partial charge in [0.05, 0.1) is 0 Å². The molecule has 2 rings (SSSR count). The third kappa shape index (κ3) is 2.84. The number of hydrogen-bond donors (Lipinski definition) is 2. The summed E-state index contributed by atoms with van der Waals surface area (Å²) in [5.41, 5.74) is 2.32. The van der Waals surface area contributed by atoms with Crippen molar-refractivity contribution in [3.8, 4) is 0 Å². The van der Waals surface area contributed by atoms with Gasteiger partial charge in [0, 0.05) is 22.7 Å². The highest BCUT2D eigenvalue weighted by Gasteiger charge is 2.06. The van der Waals surface area contributed by atoms with Crippen molar-refractivity contribution in [1.29, 1.82) is 0 Å². The van der Waals surface area contributed by atoms with Crippen molar-refractivity contribution >= 4 is 23.8 Å². The smallest absolute Gasteiger partial charge is 0.255 e. The first-order valence-electron chi connectivity index (χ1n) is 5.13. The maximum atomic E-state index is 11.8. The Bertz CT molecular complexity index is 660. The number of aryl methyl sites for hydroxylation is 1. The number of aromatic amines is 2. The number of rotatable bonds is 2. The van der Waals surface area contributed by atoms with Crippen LogP contribution in [0.5, 0.6) is 0 Å². The number of aromatic nitrogens is 2. The molecule has 0 spiro atoms. The zero-order chi connectivity index (χ0) is 12.4. The van der Waals surface area contributed by atoms with E-state index in [1.165, 1.54) is 0 Å². The van der Waals surface area contributed by atoms with Gasteiger partial charge in [0.25, 0.3) is 5.56 Å². The number of halogens is 1. The standard InChI is InChI=1S/C12H11ClN2OS/c1-7-10(11(16)15-12(17)14-7)6-8-3-2-4-9(13)5-8/h2-5H,6H2,1H3,(H2,14,15,16,17). The van der Waals surface area contributed by atoms with Gasteiger partial charge in [-0.3, -0.25) is 9.78 Å². The fourth-order valence-corrected chi connectivity index (χ4v) is 2.15. The van der Waals surface area contributed by atoms with Gasteiger partial charge in [-0.05, 0) is 36.8 Å². The van der Waals surface area contributed by atoms with E-state index >= 15 is 0 Å². The summed E-state index contributed by atoms with van der Waals surface area (Å²) >= 11 is 10.8. The van der Waals surface area contributed by atoms with E-state index < -0.39 is 0 Å². The van der Waals surface area contributed by atoms with Crippen LogP contribution in [-0.2, 0) is 6.42 Å². The van der Waals surface area contributed by atoms with Crippen LogP contribution in [0.2, 0.25) is 5.02 Å². The van der Waals surface area contributed by atoms with E-state index in [-0.39, 0.29) is 5.56 Å². The van der Waals surface area contributed by atoms with Crippen LogP contribution in [0, 0.1) is 11.7 Å². The average molecular weight is 267 g/mol. The molecule has 1 heterocycles. The van der Waals surface area contributed by atoms with E-state index in [9.17, 15) is 4.79 Å². The van der Waals surface area contributed by atoms with Gasteiger partial charge in [-0.2, -0.15) is 0 Å². The first kappa shape index (κ1) is 12.1. The summed E-state index contributed by atoms with van der Waals surface area (Å²) in [4.78, 5) is 17.3. The Kier molecular flexibility index (Phi) is 3.45. The fraction of sp³-hybridized carbons (Fsp3) is 0.167. The van der Waals surface area contributed by atoms with Gasteiger partial charge < -0.3 is 4.98 Å². The highest BCUT2D eigenvalue weighted by Crippen LogP contribution is 2.14. The molecule has 17 heavy (non-hydrogen) atoms. The highest BCUT2D eigenvalue weighted by atomic mass is 35.5. The number of hydrogen-bond acceptors (Lipinski definition) is 2. The van der Waals surface area contributed by atoms with Crippen LogP contribution in [-0.4, -0.2) is 9.97 Å². The molecule has 0 amide bonds. The second-order valence-electron chi connectivity index (χ2n) is 3.82. The van der Waals surface area contributed by atoms with Crippen LogP contribution >= 0.6 is 23.8 Å². The Morgan fingerprint density at radius 1 is 1.35 bits per heavy atom. The quantitative estimate of drug-likeness (QED) is 0.821. The lowest BCUT2D eigenvalue weighted by Gasteiger charge is -2.05. The Hall–Kier alpha value is -1.39. The minimum Gasteiger partial charge on any atom is -0.336 e. The van der Waals surface area contributed by atoms with Crippen molar-refractivity contribution < 1.29 is 0 Å². The van der Waals surface area contributed by atoms with Gasteiger partial charge in [0.1, 0.15) is 0 Å². The van der Waals surface area contributed by atoms with E-state index in [4.69, 9.17) is 23.8 Å². The summed E-state index contributed by atoms with van der Waals surface area (Å²) in [6, 6.07) is 7.46. The number of H-pyrrole nitrogens is 2. The molecule has 1 aromatic heterocycles. The summed E-state index contributed by atoms with van der Waals surface area (Å²) in [6.07, 6.45) is 0.536. The average Bonchev–Trinajstić information content (AvgIpc) is 2.23. The molecule has 2 aromatic rings. The summed E-state index contributed by atoms with van der Waals surface area (Å²) in [6.45, 7) is 1.84. The van der Waals surface area contributed by atoms with Crippen LogP contribution in [0.25, 0.3) is 0 Å². The molecule has 0 saturated heterocycles. The maximum Gasteiger partial charge on any atom is 0.255 e. The van der Waals surface area contributed by atoms with Crippen molar-refractivity contribution in [2.75, 3.05) is 0 Å². The van der Waals surface area contributed by atoms with Crippen LogP contribution in [0.15, 0.2) is 29.1 Å². The molecule has 0 atom stereocenters. The van der Waals surface area contributed by atoms with Crippen LogP contribution in [0.4, 0.5) is 0 Å². The van der Waals surface area contributed by atoms with E-state index in [2.05, 4.69) is 9.97 Å². The molecule has 0 aliphatic rings. The van der Waals surface area contributed by atoms with Crippen molar-refractivity contribution in [1.82, 2.24) is 9.97 Å². The fourth-order valence-electron chi connectivity index (χ4n) is 1.69. The van der Waals surface area contributed by atoms with Crippen LogP contribution < -0.4 is 5.56 Å². The normalized spacial score (nSPS) is 10.5. The summed E-state index contributed by atoms with van der Waals surface area (Å²) in [5, 5.41) is 0.667. The summed E-state index contributed by atoms with van der Waals surface area (Å²) < 4.78 is 0.349. The molecule has 0 aliphatic carbocycles. The summed E-state index contributed by atoms with van der Waals surface area (Å²) in [5.74, 6) is 0. The number of nitrogens with one attached hydrogen (secondary N) is 2. The van der Waals surface area contributed by atoms with Crippen LogP contribution in [0.1, 0.15) is 16.8 Å². The molecule has 0 aliphatic heterocycles. The molecule has 0 bridgehead atoms. The SMILES string of the molecule is Cc1[nH]c(=S)[nH]c(=O)c1Cc1cccc(Cl)c1. The monoisotopic (exact) mass is 266 g/mol. The van der Waals surface area contributed by atoms with E-state index in [0.717, 1.165) is 11.3 Å². The molecular formula is C12H11ClN2OS. The Morgan fingerprint density at radius 2 is 2.12 bits per heavy atom. The lowest BCUT2D eigenvalue weighted by molar-refractivity contribution is 0.963. The minimum absolute atomic E-state index is 0.147. The van der Waals surface area contributed by atoms with E-state index in [1.54, 1.807) is 6.07 Å². The van der Waals surface area contributed by atoms with Crippen LogP contribution in [0.3, 0.4) is 0 Å². The maximum absolute atomic E-state index is 11.8. The van der Waals surface area contributed by atoms with Crippen molar-refractivity contribution in [2.24, 2.45) is 0 Å². The molecule has 3 nitrogen and oxygen atoms in total. The molecule has 0 saturated carbocycles. The number of benzene rings is 1. The Labute approximate surface area is 108 Å². The van der Waals surface area contributed by atoms with Gasteiger partial charge in [-0.15, -0.1) is 0 Å². The second kappa shape index (κ2) is 4.85. The van der Waals surface area contributed by atoms with Crippen molar-refractivity contribution in [3.05, 3.63) is 61.2 Å². The summed E-state index contributed by atoms with van der Waals surface area (Å²) in [7, 11) is 0. The lowest BCUT2D eigenvalue weighted by atomic mass is 10.1. The zero-order valence-electron chi connectivity index (χ0n) is 9.21.